The molecule has 3 aliphatic carbocycles. The second-order valence-electron chi connectivity index (χ2n) is 25.2. The summed E-state index contributed by atoms with van der Waals surface area (Å²) < 4.78 is 0. The molecule has 7 aromatic carbocycles. The van der Waals surface area contributed by atoms with Gasteiger partial charge in [0.2, 0.25) is 0 Å². The third kappa shape index (κ3) is 10.8. The Labute approximate surface area is 525 Å². The fraction of sp³-hybridized carbons (Fsp3) is 0.266. The van der Waals surface area contributed by atoms with Crippen LogP contribution in [0, 0.1) is 28.6 Å². The molecule has 0 amide bonds. The molecule has 1 unspecified atom stereocenters. The highest BCUT2D eigenvalue weighted by Gasteiger charge is 2.40. The quantitative estimate of drug-likeness (QED) is 0.0337. The largest absolute Gasteiger partial charge is 0.477 e. The molecule has 1 atom stereocenters. The molecule has 0 fully saturated rings. The summed E-state index contributed by atoms with van der Waals surface area (Å²) in [5.41, 5.74) is 18.9. The minimum atomic E-state index is -1.25. The summed E-state index contributed by atoms with van der Waals surface area (Å²) in [7, 11) is 0. The van der Waals surface area contributed by atoms with Gasteiger partial charge in [-0.25, -0.2) is 9.59 Å². The van der Waals surface area contributed by atoms with Crippen LogP contribution in [0.4, 0.5) is 17.1 Å². The van der Waals surface area contributed by atoms with Crippen molar-refractivity contribution >= 4 is 90.9 Å². The molecule has 0 aliphatic heterocycles. The summed E-state index contributed by atoms with van der Waals surface area (Å²) in [6.45, 7) is 16.2. The van der Waals surface area contributed by atoms with Gasteiger partial charge in [0.1, 0.15) is 23.3 Å². The van der Waals surface area contributed by atoms with Crippen molar-refractivity contribution in [3.05, 3.63) is 212 Å². The molecule has 2 N–H and O–H groups in total. The molecule has 0 saturated carbocycles. The van der Waals surface area contributed by atoms with Gasteiger partial charge in [0.15, 0.2) is 0 Å². The standard InChI is InChI=1S/C79H73N3O4S2/c1-8-10-12-15-23-50-38-58(40-54(46-80)76(83)84)87-74(50)52-28-33-64-66(42-52)72(49-21-17-14-18-22-49)67-43-53(75-51(24-16-13-11-9-2)39-59(88-75)41-55(47-81)77(85)86)29-34-65(67)73(64)82(56-30-35-62-60-25-19-20-26-68(60)78(4,5)70(62)44-56)57-31-36-63-61-32-27-48(3)37-69(61)79(6,7)71(63)45-57/h14,17-22,25-36,38-45,48H,8-13,15-16,23-24,37H2,1-7H3,(H,83,84)(H,85,86)/b54-40+,55-41+. The van der Waals surface area contributed by atoms with Gasteiger partial charge in [-0.3, -0.25) is 0 Å². The van der Waals surface area contributed by atoms with Gasteiger partial charge in [-0.1, -0.05) is 196 Å². The summed E-state index contributed by atoms with van der Waals surface area (Å²) >= 11 is 3.06. The molecule has 9 heteroatoms. The molecule has 2 heterocycles. The van der Waals surface area contributed by atoms with Crippen molar-refractivity contribution in [3.8, 4) is 55.3 Å². The van der Waals surface area contributed by atoms with Crippen LogP contribution in [0.1, 0.15) is 149 Å². The highest BCUT2D eigenvalue weighted by atomic mass is 32.1. The predicted molar refractivity (Wildman–Crippen MR) is 367 cm³/mol. The normalized spacial score (nSPS) is 15.4. The number of fused-ring (bicyclic) bond motifs is 7. The number of carbonyl (C=O) groups is 2. The van der Waals surface area contributed by atoms with Crippen LogP contribution >= 0.6 is 22.7 Å². The lowest BCUT2D eigenvalue weighted by atomic mass is 9.76. The van der Waals surface area contributed by atoms with E-state index < -0.39 is 11.9 Å². The monoisotopic (exact) mass is 1190 g/mol. The Bertz CT molecular complexity index is 4350. The van der Waals surface area contributed by atoms with E-state index in [-0.39, 0.29) is 22.0 Å². The minimum Gasteiger partial charge on any atom is -0.477 e. The number of nitriles is 2. The first-order valence-electron chi connectivity index (χ1n) is 31.2. The first-order valence-corrected chi connectivity index (χ1v) is 32.8. The molecule has 0 radical (unpaired) electrons. The first-order chi connectivity index (χ1) is 42.5. The van der Waals surface area contributed by atoms with Gasteiger partial charge < -0.3 is 15.1 Å². The number of nitrogens with zero attached hydrogens (tertiary/aromatic N) is 3. The highest BCUT2D eigenvalue weighted by Crippen LogP contribution is 2.57. The smallest absolute Gasteiger partial charge is 0.346 e. The fourth-order valence-corrected chi connectivity index (χ4v) is 16.4. The fourth-order valence-electron chi connectivity index (χ4n) is 14.1. The molecule has 440 valence electrons. The zero-order valence-electron chi connectivity index (χ0n) is 51.3. The molecule has 0 spiro atoms. The number of benzene rings is 7. The van der Waals surface area contributed by atoms with Crippen LogP contribution in [0.25, 0.3) is 82.4 Å². The molecule has 9 aromatic rings. The average Bonchev–Trinajstić information content (AvgIpc) is 1.23. The van der Waals surface area contributed by atoms with Crippen LogP contribution in [0.15, 0.2) is 168 Å². The van der Waals surface area contributed by atoms with E-state index in [9.17, 15) is 30.3 Å². The van der Waals surface area contributed by atoms with Crippen molar-refractivity contribution in [2.75, 3.05) is 4.90 Å². The van der Waals surface area contributed by atoms with E-state index in [0.717, 1.165) is 162 Å². The Morgan fingerprint density at radius 3 is 1.61 bits per heavy atom. The maximum Gasteiger partial charge on any atom is 0.346 e. The summed E-state index contributed by atoms with van der Waals surface area (Å²) in [6.07, 6.45) is 18.9. The van der Waals surface area contributed by atoms with Gasteiger partial charge in [0, 0.05) is 52.5 Å². The lowest BCUT2D eigenvalue weighted by Gasteiger charge is -2.33. The number of carboxylic acids is 2. The third-order valence-electron chi connectivity index (χ3n) is 18.7. The maximum absolute atomic E-state index is 12.3. The van der Waals surface area contributed by atoms with Gasteiger partial charge in [0.05, 0.1) is 5.69 Å². The van der Waals surface area contributed by atoms with E-state index in [2.05, 4.69) is 205 Å². The van der Waals surface area contributed by atoms with Crippen LogP contribution in [0.2, 0.25) is 0 Å². The van der Waals surface area contributed by atoms with Crippen molar-refractivity contribution in [1.82, 2.24) is 0 Å². The highest BCUT2D eigenvalue weighted by molar-refractivity contribution is 7.17. The number of aryl methyl sites for hydroxylation is 2. The number of aliphatic carboxylic acids is 2. The van der Waals surface area contributed by atoms with E-state index >= 15 is 0 Å². The topological polar surface area (TPSA) is 125 Å². The zero-order valence-corrected chi connectivity index (χ0v) is 52.9. The van der Waals surface area contributed by atoms with Crippen LogP contribution in [-0.4, -0.2) is 22.2 Å². The molecular weight excluding hydrogens is 1120 g/mol. The third-order valence-corrected chi connectivity index (χ3v) is 21.0. The first kappa shape index (κ1) is 59.5. The predicted octanol–water partition coefficient (Wildman–Crippen LogP) is 21.8. The van der Waals surface area contributed by atoms with Crippen LogP contribution in [0.5, 0.6) is 0 Å². The van der Waals surface area contributed by atoms with Gasteiger partial charge in [-0.2, -0.15) is 10.5 Å². The number of hydrogen-bond acceptors (Lipinski definition) is 7. The minimum absolute atomic E-state index is 0.221. The van der Waals surface area contributed by atoms with Crippen molar-refractivity contribution in [1.29, 1.82) is 10.5 Å². The van der Waals surface area contributed by atoms with Crippen molar-refractivity contribution in [3.63, 3.8) is 0 Å². The summed E-state index contributed by atoms with van der Waals surface area (Å²) in [4.78, 5) is 30.7. The molecule has 2 aromatic heterocycles. The molecule has 3 aliphatic rings. The summed E-state index contributed by atoms with van der Waals surface area (Å²) in [5, 5.41) is 44.2. The Morgan fingerprint density at radius 2 is 1.08 bits per heavy atom. The van der Waals surface area contributed by atoms with E-state index in [1.807, 2.05) is 12.1 Å². The van der Waals surface area contributed by atoms with Crippen molar-refractivity contribution in [2.24, 2.45) is 5.92 Å². The van der Waals surface area contributed by atoms with Crippen molar-refractivity contribution in [2.45, 2.75) is 130 Å². The van der Waals surface area contributed by atoms with Gasteiger partial charge in [0.25, 0.3) is 0 Å². The second-order valence-corrected chi connectivity index (χ2v) is 27.4. The Kier molecular flexibility index (Phi) is 16.5. The van der Waals surface area contributed by atoms with E-state index in [1.165, 1.54) is 79.4 Å². The zero-order chi connectivity index (χ0) is 61.6. The van der Waals surface area contributed by atoms with Gasteiger partial charge in [-0.05, 0) is 182 Å². The Morgan fingerprint density at radius 1 is 0.568 bits per heavy atom. The molecule has 88 heavy (non-hydrogen) atoms. The number of carboxylic acid groups (broad SMARTS) is 2. The van der Waals surface area contributed by atoms with Crippen LogP contribution in [0.3, 0.4) is 0 Å². The Balaban J connectivity index is 1.19. The molecule has 12 rings (SSSR count). The Hall–Kier alpha value is -8.86. The molecule has 7 nitrogen and oxygen atoms in total. The number of unbranched alkanes of at least 4 members (excludes halogenated alkanes) is 6. The number of rotatable bonds is 20. The number of thiophene rings is 2. The van der Waals surface area contributed by atoms with Gasteiger partial charge in [-0.15, -0.1) is 22.7 Å². The van der Waals surface area contributed by atoms with E-state index in [4.69, 9.17) is 0 Å². The molecular formula is C79H73N3O4S2. The van der Waals surface area contributed by atoms with E-state index in [1.54, 1.807) is 0 Å². The van der Waals surface area contributed by atoms with Crippen LogP contribution in [-0.2, 0) is 33.3 Å². The lowest BCUT2D eigenvalue weighted by Crippen LogP contribution is -2.20. The van der Waals surface area contributed by atoms with Gasteiger partial charge >= 0.3 is 11.9 Å². The van der Waals surface area contributed by atoms with Crippen LogP contribution < -0.4 is 4.90 Å². The number of hydrogen-bond donors (Lipinski definition) is 2. The molecule has 0 bridgehead atoms. The number of allylic oxidation sites excluding steroid dienone is 4. The summed E-state index contributed by atoms with van der Waals surface area (Å²) in [5.74, 6) is -2.05. The van der Waals surface area contributed by atoms with Crippen molar-refractivity contribution < 1.29 is 19.8 Å². The average molecular weight is 1190 g/mol. The van der Waals surface area contributed by atoms with E-state index in [0.29, 0.717) is 5.92 Å². The lowest BCUT2D eigenvalue weighted by molar-refractivity contribution is -0.133. The maximum atomic E-state index is 12.3. The molecule has 0 saturated heterocycles. The number of anilines is 3. The summed E-state index contributed by atoms with van der Waals surface area (Å²) in [6, 6.07) is 55.5. The SMILES string of the molecule is CCCCCCc1cc(/C=C(\C#N)C(=O)O)sc1-c1ccc2c(N(c3ccc4c(c3)C(C)(C)C3=C4C=CC(C)C3)c3ccc4c(c3)C(C)(C)c3ccccc3-4)c3ccc(-c4sc(/C=C(\C#N)C(=O)O)cc4CCCCCC)cc3c(-c3ccccc3)c2c1. The second kappa shape index (κ2) is 24.4.